The molecule has 0 fully saturated rings. The highest BCUT2D eigenvalue weighted by molar-refractivity contribution is 5.09. The van der Waals surface area contributed by atoms with Gasteiger partial charge >= 0.3 is 0 Å². The fourth-order valence-corrected chi connectivity index (χ4v) is 1.34. The molecule has 0 aromatic carbocycles. The summed E-state index contributed by atoms with van der Waals surface area (Å²) in [6.07, 6.45) is 3.95. The molecule has 0 aliphatic heterocycles. The van der Waals surface area contributed by atoms with Gasteiger partial charge in [-0.3, -0.25) is 4.68 Å². The summed E-state index contributed by atoms with van der Waals surface area (Å²) < 4.78 is 1.89. The number of nitrogens with zero attached hydrogens (tertiary/aromatic N) is 2. The minimum Gasteiger partial charge on any atom is -0.308 e. The van der Waals surface area contributed by atoms with Gasteiger partial charge < -0.3 is 5.32 Å². The molecule has 1 heterocycles. The van der Waals surface area contributed by atoms with Crippen LogP contribution in [0.25, 0.3) is 0 Å². The van der Waals surface area contributed by atoms with E-state index in [1.54, 1.807) is 0 Å². The van der Waals surface area contributed by atoms with Crippen LogP contribution in [0.15, 0.2) is 12.4 Å². The second kappa shape index (κ2) is 5.58. The van der Waals surface area contributed by atoms with Gasteiger partial charge in [-0.05, 0) is 41.5 Å². The molecule has 1 aromatic heterocycles. The lowest BCUT2D eigenvalue weighted by molar-refractivity contribution is 0.424. The van der Waals surface area contributed by atoms with Crippen molar-refractivity contribution in [3.8, 4) is 11.8 Å². The lowest BCUT2D eigenvalue weighted by Crippen LogP contribution is -2.34. The summed E-state index contributed by atoms with van der Waals surface area (Å²) in [6.45, 7) is 14.3. The van der Waals surface area contributed by atoms with Gasteiger partial charge in [-0.15, -0.1) is 0 Å². The molecule has 0 saturated heterocycles. The molecule has 1 aromatic rings. The zero-order valence-electron chi connectivity index (χ0n) is 12.5. The topological polar surface area (TPSA) is 29.9 Å². The Balaban J connectivity index is 2.51. The van der Waals surface area contributed by atoms with Gasteiger partial charge in [0.05, 0.1) is 6.20 Å². The molecule has 3 nitrogen and oxygen atoms in total. The van der Waals surface area contributed by atoms with E-state index in [9.17, 15) is 0 Å². The molecule has 3 heteroatoms. The van der Waals surface area contributed by atoms with Gasteiger partial charge in [0.2, 0.25) is 0 Å². The fraction of sp³-hybridized carbons (Fsp3) is 0.667. The minimum atomic E-state index is 0.0593. The smallest absolute Gasteiger partial charge is 0.102 e. The van der Waals surface area contributed by atoms with Crippen LogP contribution in [0.1, 0.15) is 47.1 Å². The second-order valence-corrected chi connectivity index (χ2v) is 6.70. The Morgan fingerprint density at radius 2 is 1.89 bits per heavy atom. The Hall–Kier alpha value is -1.27. The highest BCUT2D eigenvalue weighted by Gasteiger charge is 2.09. The molecule has 0 aliphatic carbocycles. The molecule has 0 saturated carbocycles. The van der Waals surface area contributed by atoms with E-state index < -0.39 is 0 Å². The van der Waals surface area contributed by atoms with Crippen LogP contribution in [-0.2, 0) is 13.1 Å². The maximum absolute atomic E-state index is 4.31. The molecule has 0 radical (unpaired) electrons. The third-order valence-corrected chi connectivity index (χ3v) is 2.21. The van der Waals surface area contributed by atoms with Crippen LogP contribution < -0.4 is 5.32 Å². The first-order valence-corrected chi connectivity index (χ1v) is 6.42. The molecule has 100 valence electrons. The van der Waals surface area contributed by atoms with Crippen molar-refractivity contribution in [3.05, 3.63) is 18.0 Å². The van der Waals surface area contributed by atoms with E-state index in [0.717, 1.165) is 6.54 Å². The van der Waals surface area contributed by atoms with Gasteiger partial charge in [0.25, 0.3) is 0 Å². The largest absolute Gasteiger partial charge is 0.308 e. The van der Waals surface area contributed by atoms with E-state index in [1.807, 2.05) is 10.9 Å². The predicted octanol–water partition coefficient (Wildman–Crippen LogP) is 2.82. The quantitative estimate of drug-likeness (QED) is 0.832. The number of aromatic nitrogens is 2. The van der Waals surface area contributed by atoms with Crippen LogP contribution in [0.3, 0.4) is 0 Å². The number of hydrogen-bond donors (Lipinski definition) is 1. The van der Waals surface area contributed by atoms with Gasteiger partial charge in [0.15, 0.2) is 0 Å². The number of nitrogens with one attached hydrogen (secondary N) is 1. The Morgan fingerprint density at radius 3 is 2.44 bits per heavy atom. The van der Waals surface area contributed by atoms with Crippen LogP contribution in [0, 0.1) is 17.3 Å². The zero-order valence-corrected chi connectivity index (χ0v) is 12.5. The van der Waals surface area contributed by atoms with E-state index in [2.05, 4.69) is 70.0 Å². The maximum atomic E-state index is 4.31. The monoisotopic (exact) mass is 247 g/mol. The number of rotatable bonds is 3. The number of hydrogen-bond acceptors (Lipinski definition) is 2. The Bertz CT molecular complexity index is 433. The van der Waals surface area contributed by atoms with E-state index in [-0.39, 0.29) is 11.0 Å². The molecule has 0 unspecified atom stereocenters. The third-order valence-electron chi connectivity index (χ3n) is 2.21. The van der Waals surface area contributed by atoms with E-state index >= 15 is 0 Å². The molecule has 0 bridgehead atoms. The van der Waals surface area contributed by atoms with Crippen LogP contribution in [-0.4, -0.2) is 15.3 Å². The average molecular weight is 247 g/mol. The lowest BCUT2D eigenvalue weighted by atomic mass is 9.98. The lowest BCUT2D eigenvalue weighted by Gasteiger charge is -2.19. The van der Waals surface area contributed by atoms with Crippen LogP contribution in [0.4, 0.5) is 0 Å². The van der Waals surface area contributed by atoms with E-state index in [0.29, 0.717) is 6.54 Å². The summed E-state index contributed by atoms with van der Waals surface area (Å²) in [5, 5.41) is 7.75. The summed E-state index contributed by atoms with van der Waals surface area (Å²) in [4.78, 5) is 0. The van der Waals surface area contributed by atoms with Gasteiger partial charge in [-0.25, -0.2) is 0 Å². The summed E-state index contributed by atoms with van der Waals surface area (Å²) in [5.74, 6) is 6.37. The molecule has 0 atom stereocenters. The van der Waals surface area contributed by atoms with Crippen molar-refractivity contribution in [3.63, 3.8) is 0 Å². The first-order chi connectivity index (χ1) is 8.16. The van der Waals surface area contributed by atoms with E-state index in [4.69, 9.17) is 0 Å². The molecule has 0 spiro atoms. The second-order valence-electron chi connectivity index (χ2n) is 6.70. The Labute approximate surface area is 111 Å². The fourth-order valence-electron chi connectivity index (χ4n) is 1.34. The molecular weight excluding hydrogens is 222 g/mol. The van der Waals surface area contributed by atoms with Crippen molar-refractivity contribution in [1.29, 1.82) is 0 Å². The van der Waals surface area contributed by atoms with Crippen LogP contribution >= 0.6 is 0 Å². The zero-order chi connectivity index (χ0) is 13.8. The van der Waals surface area contributed by atoms with Crippen molar-refractivity contribution < 1.29 is 0 Å². The normalized spacial score (nSPS) is 12.1. The van der Waals surface area contributed by atoms with Crippen molar-refractivity contribution in [2.45, 2.75) is 60.2 Å². The van der Waals surface area contributed by atoms with Gasteiger partial charge in [0, 0.05) is 29.3 Å². The van der Waals surface area contributed by atoms with E-state index in [1.165, 1.54) is 5.56 Å². The molecule has 18 heavy (non-hydrogen) atoms. The van der Waals surface area contributed by atoms with Crippen molar-refractivity contribution in [1.82, 2.24) is 15.1 Å². The Kier molecular flexibility index (Phi) is 4.59. The predicted molar refractivity (Wildman–Crippen MR) is 76.1 cm³/mol. The molecule has 0 aliphatic rings. The highest BCUT2D eigenvalue weighted by atomic mass is 15.3. The maximum Gasteiger partial charge on any atom is 0.102 e. The molecule has 0 amide bonds. The first kappa shape index (κ1) is 14.8. The van der Waals surface area contributed by atoms with Gasteiger partial charge in [-0.2, -0.15) is 5.10 Å². The van der Waals surface area contributed by atoms with Crippen LogP contribution in [0.2, 0.25) is 0 Å². The average Bonchev–Trinajstić information content (AvgIpc) is 2.60. The highest BCUT2D eigenvalue weighted by Crippen LogP contribution is 2.09. The van der Waals surface area contributed by atoms with Gasteiger partial charge in [0.1, 0.15) is 6.54 Å². The van der Waals surface area contributed by atoms with Crippen molar-refractivity contribution in [2.24, 2.45) is 5.41 Å². The summed E-state index contributed by atoms with van der Waals surface area (Å²) >= 11 is 0. The standard InChI is InChI=1S/C15H25N3/c1-14(2,3)8-7-9-18-12-13(11-17-18)10-16-15(4,5)6/h11-12,16H,9-10H2,1-6H3. The Morgan fingerprint density at radius 1 is 1.22 bits per heavy atom. The minimum absolute atomic E-state index is 0.0593. The van der Waals surface area contributed by atoms with Crippen molar-refractivity contribution in [2.75, 3.05) is 0 Å². The molecular formula is C15H25N3. The third kappa shape index (κ3) is 6.46. The summed E-state index contributed by atoms with van der Waals surface area (Å²) in [7, 11) is 0. The SMILES string of the molecule is CC(C)(C)C#CCn1cc(CNC(C)(C)C)cn1. The summed E-state index contributed by atoms with van der Waals surface area (Å²) in [5.41, 5.74) is 1.39. The molecule has 1 N–H and O–H groups in total. The molecule has 1 rings (SSSR count). The van der Waals surface area contributed by atoms with Crippen LogP contribution in [0.5, 0.6) is 0 Å². The van der Waals surface area contributed by atoms with Gasteiger partial charge in [-0.1, -0.05) is 11.8 Å². The van der Waals surface area contributed by atoms with Crippen molar-refractivity contribution >= 4 is 0 Å². The summed E-state index contributed by atoms with van der Waals surface area (Å²) in [6, 6.07) is 0. The first-order valence-electron chi connectivity index (χ1n) is 6.42.